The smallest absolute Gasteiger partial charge is 0.197 e. The number of hydrogen-bond donors (Lipinski definition) is 0. The quantitative estimate of drug-likeness (QED) is 0.141. The molecule has 4 aromatic rings. The molecular formula is C30H34O3. The Morgan fingerprint density at radius 1 is 0.697 bits per heavy atom. The van der Waals surface area contributed by atoms with E-state index in [-0.39, 0.29) is 12.4 Å². The maximum atomic E-state index is 6.16. The third-order valence-electron chi connectivity index (χ3n) is 6.41. The standard InChI is InChI=1S/C30H34O3/c1-5-21(2)24-14-16-26(17-15-24)33-23(4)32-19-18-31-22(3)30-20-25-10-6-7-11-27(25)28-12-8-9-13-29(28)30/h6-17,20-23H,5,18-19H2,1-4H3. The minimum absolute atomic E-state index is 0.0348. The van der Waals surface area contributed by atoms with E-state index in [0.717, 1.165) is 12.2 Å². The van der Waals surface area contributed by atoms with Gasteiger partial charge in [0.2, 0.25) is 0 Å². The predicted molar refractivity (Wildman–Crippen MR) is 137 cm³/mol. The van der Waals surface area contributed by atoms with E-state index in [1.54, 1.807) is 0 Å². The van der Waals surface area contributed by atoms with Crippen LogP contribution in [-0.4, -0.2) is 19.5 Å². The zero-order chi connectivity index (χ0) is 23.2. The van der Waals surface area contributed by atoms with Gasteiger partial charge in [-0.15, -0.1) is 0 Å². The highest BCUT2D eigenvalue weighted by molar-refractivity contribution is 6.09. The first-order valence-corrected chi connectivity index (χ1v) is 12.0. The van der Waals surface area contributed by atoms with Crippen molar-refractivity contribution in [2.45, 2.75) is 52.4 Å². The van der Waals surface area contributed by atoms with E-state index in [4.69, 9.17) is 14.2 Å². The van der Waals surface area contributed by atoms with Crippen molar-refractivity contribution in [1.82, 2.24) is 0 Å². The van der Waals surface area contributed by atoms with Gasteiger partial charge >= 0.3 is 0 Å². The zero-order valence-corrected chi connectivity index (χ0v) is 20.1. The fraction of sp³-hybridized carbons (Fsp3) is 0.333. The number of rotatable bonds is 10. The number of benzene rings is 4. The molecule has 0 saturated carbocycles. The molecule has 4 aromatic carbocycles. The molecule has 0 radical (unpaired) electrons. The summed E-state index contributed by atoms with van der Waals surface area (Å²) in [7, 11) is 0. The van der Waals surface area contributed by atoms with Gasteiger partial charge in [0.15, 0.2) is 6.29 Å². The van der Waals surface area contributed by atoms with Gasteiger partial charge in [-0.1, -0.05) is 74.5 Å². The van der Waals surface area contributed by atoms with Crippen molar-refractivity contribution < 1.29 is 14.2 Å². The molecule has 0 aliphatic heterocycles. The van der Waals surface area contributed by atoms with Crippen LogP contribution in [0.5, 0.6) is 5.75 Å². The second kappa shape index (κ2) is 10.8. The van der Waals surface area contributed by atoms with Crippen LogP contribution in [0.15, 0.2) is 78.9 Å². The molecule has 0 aliphatic rings. The van der Waals surface area contributed by atoms with E-state index < -0.39 is 0 Å². The molecule has 0 bridgehead atoms. The third-order valence-corrected chi connectivity index (χ3v) is 6.41. The average Bonchev–Trinajstić information content (AvgIpc) is 2.86. The number of fused-ring (bicyclic) bond motifs is 3. The van der Waals surface area contributed by atoms with Crippen LogP contribution in [0.25, 0.3) is 21.5 Å². The average molecular weight is 443 g/mol. The molecule has 4 rings (SSSR count). The topological polar surface area (TPSA) is 27.7 Å². The van der Waals surface area contributed by atoms with Gasteiger partial charge in [-0.25, -0.2) is 0 Å². The molecule has 0 heterocycles. The first-order chi connectivity index (χ1) is 16.1. The van der Waals surface area contributed by atoms with Crippen molar-refractivity contribution in [3.05, 3.63) is 90.0 Å². The Kier molecular flexibility index (Phi) is 7.64. The van der Waals surface area contributed by atoms with Crippen molar-refractivity contribution >= 4 is 21.5 Å². The Morgan fingerprint density at radius 3 is 2.06 bits per heavy atom. The molecule has 3 atom stereocenters. The second-order valence-electron chi connectivity index (χ2n) is 8.68. The highest BCUT2D eigenvalue weighted by Crippen LogP contribution is 2.33. The summed E-state index contributed by atoms with van der Waals surface area (Å²) in [6.07, 6.45) is 0.764. The van der Waals surface area contributed by atoms with E-state index in [1.165, 1.54) is 32.7 Å². The maximum absolute atomic E-state index is 6.16. The Bertz CT molecular complexity index is 1180. The van der Waals surface area contributed by atoms with Crippen molar-refractivity contribution in [1.29, 1.82) is 0 Å². The molecule has 3 unspecified atom stereocenters. The van der Waals surface area contributed by atoms with E-state index in [2.05, 4.69) is 87.5 Å². The zero-order valence-electron chi connectivity index (χ0n) is 20.1. The summed E-state index contributed by atoms with van der Waals surface area (Å²) in [5, 5.41) is 5.01. The number of hydrogen-bond acceptors (Lipinski definition) is 3. The lowest BCUT2D eigenvalue weighted by Crippen LogP contribution is -2.19. The summed E-state index contributed by atoms with van der Waals surface area (Å²) in [6, 6.07) is 27.6. The number of ether oxygens (including phenoxy) is 3. The summed E-state index contributed by atoms with van der Waals surface area (Å²) in [5.41, 5.74) is 2.54. The molecule has 0 saturated heterocycles. The van der Waals surface area contributed by atoms with Crippen molar-refractivity contribution in [2.24, 2.45) is 0 Å². The van der Waals surface area contributed by atoms with Crippen LogP contribution in [0.2, 0.25) is 0 Å². The van der Waals surface area contributed by atoms with Crippen LogP contribution < -0.4 is 4.74 Å². The summed E-state index contributed by atoms with van der Waals surface area (Å²) in [6.45, 7) is 9.45. The SMILES string of the molecule is CCC(C)c1ccc(OC(C)OCCOC(C)c2cc3ccccc3c3ccccc23)cc1. The van der Waals surface area contributed by atoms with Crippen LogP contribution in [-0.2, 0) is 9.47 Å². The molecule has 0 aromatic heterocycles. The van der Waals surface area contributed by atoms with Gasteiger partial charge in [0.25, 0.3) is 0 Å². The van der Waals surface area contributed by atoms with Crippen LogP contribution >= 0.6 is 0 Å². The monoisotopic (exact) mass is 442 g/mol. The highest BCUT2D eigenvalue weighted by atomic mass is 16.7. The van der Waals surface area contributed by atoms with E-state index in [0.29, 0.717) is 19.1 Å². The molecule has 33 heavy (non-hydrogen) atoms. The Morgan fingerprint density at radius 2 is 1.33 bits per heavy atom. The second-order valence-corrected chi connectivity index (χ2v) is 8.68. The normalized spacial score (nSPS) is 14.3. The Hall–Kier alpha value is -2.88. The lowest BCUT2D eigenvalue weighted by molar-refractivity contribution is -0.0902. The van der Waals surface area contributed by atoms with Gasteiger partial charge < -0.3 is 14.2 Å². The Balaban J connectivity index is 1.32. The van der Waals surface area contributed by atoms with Crippen LogP contribution in [0.1, 0.15) is 57.3 Å². The van der Waals surface area contributed by atoms with Crippen LogP contribution in [0, 0.1) is 0 Å². The van der Waals surface area contributed by atoms with Crippen molar-refractivity contribution in [3.8, 4) is 5.75 Å². The molecule has 172 valence electrons. The summed E-state index contributed by atoms with van der Waals surface area (Å²) in [4.78, 5) is 0. The first-order valence-electron chi connectivity index (χ1n) is 12.0. The third kappa shape index (κ3) is 5.55. The highest BCUT2D eigenvalue weighted by Gasteiger charge is 2.13. The minimum atomic E-state index is -0.333. The predicted octanol–water partition coefficient (Wildman–Crippen LogP) is 8.03. The van der Waals surface area contributed by atoms with Crippen molar-refractivity contribution in [2.75, 3.05) is 13.2 Å². The molecule has 3 heteroatoms. The van der Waals surface area contributed by atoms with Gasteiger partial charge in [-0.3, -0.25) is 0 Å². The molecule has 0 N–H and O–H groups in total. The van der Waals surface area contributed by atoms with Crippen LogP contribution in [0.3, 0.4) is 0 Å². The minimum Gasteiger partial charge on any atom is -0.465 e. The molecule has 0 fully saturated rings. The summed E-state index contributed by atoms with van der Waals surface area (Å²) >= 11 is 0. The first kappa shape index (κ1) is 23.3. The van der Waals surface area contributed by atoms with E-state index in [1.807, 2.05) is 19.1 Å². The lowest BCUT2D eigenvalue weighted by atomic mass is 9.95. The van der Waals surface area contributed by atoms with E-state index in [9.17, 15) is 0 Å². The van der Waals surface area contributed by atoms with Crippen molar-refractivity contribution in [3.63, 3.8) is 0 Å². The van der Waals surface area contributed by atoms with E-state index >= 15 is 0 Å². The fourth-order valence-electron chi connectivity index (χ4n) is 4.28. The van der Waals surface area contributed by atoms with Gasteiger partial charge in [0, 0.05) is 0 Å². The van der Waals surface area contributed by atoms with Gasteiger partial charge in [-0.05, 0) is 77.1 Å². The Labute approximate surface area is 197 Å². The summed E-state index contributed by atoms with van der Waals surface area (Å²) in [5.74, 6) is 1.39. The molecule has 3 nitrogen and oxygen atoms in total. The largest absolute Gasteiger partial charge is 0.465 e. The van der Waals surface area contributed by atoms with Crippen LogP contribution in [0.4, 0.5) is 0 Å². The molecule has 0 spiro atoms. The van der Waals surface area contributed by atoms with Gasteiger partial charge in [-0.2, -0.15) is 0 Å². The fourth-order valence-corrected chi connectivity index (χ4v) is 4.28. The summed E-state index contributed by atoms with van der Waals surface area (Å²) < 4.78 is 17.9. The molecule has 0 amide bonds. The lowest BCUT2D eigenvalue weighted by Gasteiger charge is -2.19. The maximum Gasteiger partial charge on any atom is 0.197 e. The van der Waals surface area contributed by atoms with Gasteiger partial charge in [0.1, 0.15) is 5.75 Å². The molecular weight excluding hydrogens is 408 g/mol. The molecule has 0 aliphatic carbocycles. The van der Waals surface area contributed by atoms with Gasteiger partial charge in [0.05, 0.1) is 19.3 Å².